The third-order valence-electron chi connectivity index (χ3n) is 4.57. The molecule has 1 N–H and O–H groups in total. The van der Waals surface area contributed by atoms with Gasteiger partial charge in [0.25, 0.3) is 0 Å². The number of rotatable bonds is 7. The van der Waals surface area contributed by atoms with E-state index in [1.165, 1.54) is 0 Å². The van der Waals surface area contributed by atoms with Gasteiger partial charge in [-0.05, 0) is 38.7 Å². The molecule has 2 amide bonds. The van der Waals surface area contributed by atoms with Crippen LogP contribution in [0.15, 0.2) is 24.3 Å². The lowest BCUT2D eigenvalue weighted by molar-refractivity contribution is -0.129. The Labute approximate surface area is 143 Å². The van der Waals surface area contributed by atoms with Crippen LogP contribution in [0.5, 0.6) is 5.75 Å². The van der Waals surface area contributed by atoms with E-state index in [0.717, 1.165) is 11.3 Å². The third-order valence-corrected chi connectivity index (χ3v) is 4.57. The van der Waals surface area contributed by atoms with E-state index in [0.29, 0.717) is 26.1 Å². The van der Waals surface area contributed by atoms with Crippen molar-refractivity contribution in [3.8, 4) is 5.75 Å². The topological polar surface area (TPSA) is 61.9 Å². The Kier molecular flexibility index (Phi) is 6.20. The zero-order valence-corrected chi connectivity index (χ0v) is 14.9. The summed E-state index contributed by atoms with van der Waals surface area (Å²) in [5.41, 5.74) is 1.03. The summed E-state index contributed by atoms with van der Waals surface area (Å²) in [5.74, 6) is 0.532. The smallest absolute Gasteiger partial charge is 0.225 e. The molecule has 0 aliphatic carbocycles. The summed E-state index contributed by atoms with van der Waals surface area (Å²) in [4.78, 5) is 28.3. The standard InChI is InChI=1S/C18H27N3O3/c1-13(20(2)3)10-19-18(23)15-9-17(22)21(12-15)11-14-5-7-16(24-4)8-6-14/h5-8,13,15H,9-12H2,1-4H3,(H,19,23)/t13-,15-/m1/s1. The number of carbonyl (C=O) groups is 2. The predicted octanol–water partition coefficient (Wildman–Crippen LogP) is 1.11. The first kappa shape index (κ1) is 18.3. The lowest BCUT2D eigenvalue weighted by Crippen LogP contribution is -2.41. The van der Waals surface area contributed by atoms with Crippen molar-refractivity contribution in [3.63, 3.8) is 0 Å². The molecular weight excluding hydrogens is 306 g/mol. The lowest BCUT2D eigenvalue weighted by Gasteiger charge is -2.21. The fourth-order valence-corrected chi connectivity index (χ4v) is 2.63. The normalized spacial score (nSPS) is 18.8. The first-order valence-corrected chi connectivity index (χ1v) is 8.25. The van der Waals surface area contributed by atoms with E-state index in [2.05, 4.69) is 17.1 Å². The van der Waals surface area contributed by atoms with Gasteiger partial charge in [0.05, 0.1) is 13.0 Å². The zero-order chi connectivity index (χ0) is 17.7. The number of hydrogen-bond acceptors (Lipinski definition) is 4. The summed E-state index contributed by atoms with van der Waals surface area (Å²) in [5, 5.41) is 2.95. The van der Waals surface area contributed by atoms with Gasteiger partial charge in [0.15, 0.2) is 0 Å². The second kappa shape index (κ2) is 8.15. The fourth-order valence-electron chi connectivity index (χ4n) is 2.63. The Morgan fingerprint density at radius 1 is 1.38 bits per heavy atom. The van der Waals surface area contributed by atoms with Gasteiger partial charge in [-0.15, -0.1) is 0 Å². The van der Waals surface area contributed by atoms with Gasteiger partial charge in [0.2, 0.25) is 11.8 Å². The Balaban J connectivity index is 1.86. The summed E-state index contributed by atoms with van der Waals surface area (Å²) in [6, 6.07) is 7.91. The zero-order valence-electron chi connectivity index (χ0n) is 14.9. The van der Waals surface area contributed by atoms with E-state index < -0.39 is 0 Å². The Hall–Kier alpha value is -2.08. The molecule has 1 heterocycles. The minimum Gasteiger partial charge on any atom is -0.497 e. The molecule has 6 heteroatoms. The van der Waals surface area contributed by atoms with Crippen LogP contribution in [0.3, 0.4) is 0 Å². The quantitative estimate of drug-likeness (QED) is 0.812. The van der Waals surface area contributed by atoms with Crippen molar-refractivity contribution in [3.05, 3.63) is 29.8 Å². The maximum absolute atomic E-state index is 12.3. The van der Waals surface area contributed by atoms with Gasteiger partial charge in [0.1, 0.15) is 5.75 Å². The molecule has 1 aromatic carbocycles. The number of nitrogens with zero attached hydrogens (tertiary/aromatic N) is 2. The number of methoxy groups -OCH3 is 1. The number of hydrogen-bond donors (Lipinski definition) is 1. The highest BCUT2D eigenvalue weighted by Gasteiger charge is 2.34. The molecule has 1 fully saturated rings. The SMILES string of the molecule is COc1ccc(CN2C[C@H](C(=O)NC[C@@H](C)N(C)C)CC2=O)cc1. The highest BCUT2D eigenvalue weighted by atomic mass is 16.5. The van der Waals surface area contributed by atoms with Crippen molar-refractivity contribution >= 4 is 11.8 Å². The molecule has 1 aliphatic rings. The van der Waals surface area contributed by atoms with Crippen molar-refractivity contribution < 1.29 is 14.3 Å². The van der Waals surface area contributed by atoms with Crippen molar-refractivity contribution in [2.45, 2.75) is 25.9 Å². The van der Waals surface area contributed by atoms with Crippen LogP contribution in [0.1, 0.15) is 18.9 Å². The van der Waals surface area contributed by atoms with Gasteiger partial charge in [0, 0.05) is 32.1 Å². The molecule has 2 atom stereocenters. The third kappa shape index (κ3) is 4.71. The average molecular weight is 333 g/mol. The van der Waals surface area contributed by atoms with Gasteiger partial charge in [-0.25, -0.2) is 0 Å². The summed E-state index contributed by atoms with van der Waals surface area (Å²) >= 11 is 0. The maximum atomic E-state index is 12.3. The molecule has 0 bridgehead atoms. The van der Waals surface area contributed by atoms with Gasteiger partial charge < -0.3 is 19.9 Å². The number of benzene rings is 1. The number of amides is 2. The van der Waals surface area contributed by atoms with Gasteiger partial charge in [-0.2, -0.15) is 0 Å². The molecule has 0 radical (unpaired) electrons. The average Bonchev–Trinajstić information content (AvgIpc) is 2.93. The van der Waals surface area contributed by atoms with E-state index in [1.807, 2.05) is 38.4 Å². The second-order valence-electron chi connectivity index (χ2n) is 6.58. The Bertz CT molecular complexity index is 571. The van der Waals surface area contributed by atoms with Crippen molar-refractivity contribution in [2.75, 3.05) is 34.3 Å². The molecule has 0 aromatic heterocycles. The molecule has 132 valence electrons. The number of likely N-dealkylation sites (N-methyl/N-ethyl adjacent to an activating group) is 1. The van der Waals surface area contributed by atoms with Crippen LogP contribution in [0.2, 0.25) is 0 Å². The first-order chi connectivity index (χ1) is 11.4. The molecule has 1 saturated heterocycles. The fraction of sp³-hybridized carbons (Fsp3) is 0.556. The first-order valence-electron chi connectivity index (χ1n) is 8.25. The molecule has 6 nitrogen and oxygen atoms in total. The molecule has 0 saturated carbocycles. The molecule has 24 heavy (non-hydrogen) atoms. The Morgan fingerprint density at radius 3 is 2.62 bits per heavy atom. The van der Waals surface area contributed by atoms with E-state index >= 15 is 0 Å². The van der Waals surface area contributed by atoms with Crippen LogP contribution in [0, 0.1) is 5.92 Å². The molecule has 2 rings (SSSR count). The number of carbonyl (C=O) groups excluding carboxylic acids is 2. The molecule has 1 aromatic rings. The monoisotopic (exact) mass is 333 g/mol. The Morgan fingerprint density at radius 2 is 2.04 bits per heavy atom. The maximum Gasteiger partial charge on any atom is 0.225 e. The lowest BCUT2D eigenvalue weighted by atomic mass is 10.1. The van der Waals surface area contributed by atoms with Gasteiger partial charge >= 0.3 is 0 Å². The van der Waals surface area contributed by atoms with Crippen molar-refractivity contribution in [1.29, 1.82) is 0 Å². The van der Waals surface area contributed by atoms with Crippen LogP contribution < -0.4 is 10.1 Å². The van der Waals surface area contributed by atoms with Crippen LogP contribution >= 0.6 is 0 Å². The van der Waals surface area contributed by atoms with Crippen LogP contribution in [-0.2, 0) is 16.1 Å². The van der Waals surface area contributed by atoms with Gasteiger partial charge in [-0.1, -0.05) is 12.1 Å². The van der Waals surface area contributed by atoms with Crippen molar-refractivity contribution in [1.82, 2.24) is 15.1 Å². The van der Waals surface area contributed by atoms with E-state index in [9.17, 15) is 9.59 Å². The molecule has 1 aliphatic heterocycles. The molecular formula is C18H27N3O3. The van der Waals surface area contributed by atoms with E-state index in [-0.39, 0.29) is 23.8 Å². The predicted molar refractivity (Wildman–Crippen MR) is 92.7 cm³/mol. The van der Waals surface area contributed by atoms with E-state index in [1.54, 1.807) is 12.0 Å². The molecule has 0 unspecified atom stereocenters. The van der Waals surface area contributed by atoms with Crippen molar-refractivity contribution in [2.24, 2.45) is 5.92 Å². The van der Waals surface area contributed by atoms with Crippen LogP contribution in [0.25, 0.3) is 0 Å². The summed E-state index contributed by atoms with van der Waals surface area (Å²) in [6.45, 7) is 3.65. The highest BCUT2D eigenvalue weighted by molar-refractivity contribution is 5.89. The number of nitrogens with one attached hydrogen (secondary N) is 1. The number of ether oxygens (including phenoxy) is 1. The number of likely N-dealkylation sites (tertiary alicyclic amines) is 1. The second-order valence-corrected chi connectivity index (χ2v) is 6.58. The van der Waals surface area contributed by atoms with E-state index in [4.69, 9.17) is 4.74 Å². The minimum absolute atomic E-state index is 0.0331. The molecule has 0 spiro atoms. The summed E-state index contributed by atoms with van der Waals surface area (Å²) < 4.78 is 5.13. The van der Waals surface area contributed by atoms with Crippen LogP contribution in [0.4, 0.5) is 0 Å². The minimum atomic E-state index is -0.259. The summed E-state index contributed by atoms with van der Waals surface area (Å²) in [6.07, 6.45) is 0.290. The highest BCUT2D eigenvalue weighted by Crippen LogP contribution is 2.21. The summed E-state index contributed by atoms with van der Waals surface area (Å²) in [7, 11) is 5.58. The van der Waals surface area contributed by atoms with Crippen LogP contribution in [-0.4, -0.2) is 62.0 Å². The van der Waals surface area contributed by atoms with Gasteiger partial charge in [-0.3, -0.25) is 9.59 Å². The largest absolute Gasteiger partial charge is 0.497 e.